The minimum atomic E-state index is -3.90. The molecule has 2 amide bonds. The second-order valence-corrected chi connectivity index (χ2v) is 9.44. The maximum Gasteiger partial charge on any atom is 0.376 e. The summed E-state index contributed by atoms with van der Waals surface area (Å²) in [7, 11) is 0. The number of anilines is 2. The lowest BCUT2D eigenvalue weighted by Crippen LogP contribution is -2.53. The van der Waals surface area contributed by atoms with E-state index in [0.29, 0.717) is 0 Å². The molecule has 13 heteroatoms. The van der Waals surface area contributed by atoms with Crippen LogP contribution in [0.3, 0.4) is 0 Å². The molecule has 1 aliphatic rings. The smallest absolute Gasteiger partial charge is 0.366 e. The lowest BCUT2D eigenvalue weighted by molar-refractivity contribution is -0.304. The topological polar surface area (TPSA) is 127 Å². The van der Waals surface area contributed by atoms with Crippen molar-refractivity contribution in [3.8, 4) is 11.1 Å². The van der Waals surface area contributed by atoms with Crippen LogP contribution in [0.5, 0.6) is 0 Å². The third kappa shape index (κ3) is 5.42. The van der Waals surface area contributed by atoms with E-state index in [-0.39, 0.29) is 38.8 Å². The van der Waals surface area contributed by atoms with Crippen LogP contribution in [0.2, 0.25) is 10.0 Å². The Balaban J connectivity index is 1.94. The zero-order valence-electron chi connectivity index (χ0n) is 19.3. The summed E-state index contributed by atoms with van der Waals surface area (Å²) in [6.45, 7) is -1.02. The van der Waals surface area contributed by atoms with Gasteiger partial charge in [0.2, 0.25) is 5.91 Å². The van der Waals surface area contributed by atoms with Gasteiger partial charge in [-0.2, -0.15) is 0 Å². The van der Waals surface area contributed by atoms with E-state index in [9.17, 15) is 38.1 Å². The number of aliphatic hydroxyl groups is 3. The summed E-state index contributed by atoms with van der Waals surface area (Å²) in [4.78, 5) is 26.2. The molecule has 38 heavy (non-hydrogen) atoms. The van der Waals surface area contributed by atoms with Crippen molar-refractivity contribution in [3.05, 3.63) is 81.6 Å². The SMILES string of the molecule is NC(=O)c1ccc(Cl)c(-c2ccc(N(C(=O)c3c(F)cccc3Cl)C(O)(O)O)c(N3CCC(F)(F)C3)c2)c1. The zero-order chi connectivity index (χ0) is 28.0. The van der Waals surface area contributed by atoms with Crippen molar-refractivity contribution in [2.45, 2.75) is 18.4 Å². The van der Waals surface area contributed by atoms with E-state index in [2.05, 4.69) is 0 Å². The van der Waals surface area contributed by atoms with E-state index in [4.69, 9.17) is 28.9 Å². The third-order valence-electron chi connectivity index (χ3n) is 5.97. The monoisotopic (exact) mass is 569 g/mol. The van der Waals surface area contributed by atoms with Crippen molar-refractivity contribution in [2.75, 3.05) is 22.9 Å². The average molecular weight is 570 g/mol. The molecule has 0 unspecified atom stereocenters. The van der Waals surface area contributed by atoms with Gasteiger partial charge in [0.25, 0.3) is 11.8 Å². The summed E-state index contributed by atoms with van der Waals surface area (Å²) in [6, 6.07) is 11.2. The van der Waals surface area contributed by atoms with E-state index < -0.39 is 58.9 Å². The molecule has 0 radical (unpaired) electrons. The van der Waals surface area contributed by atoms with Gasteiger partial charge in [-0.15, -0.1) is 0 Å². The minimum Gasteiger partial charge on any atom is -0.366 e. The van der Waals surface area contributed by atoms with E-state index in [1.807, 2.05) is 0 Å². The summed E-state index contributed by atoms with van der Waals surface area (Å²) < 4.78 is 43.0. The molecule has 200 valence electrons. The highest BCUT2D eigenvalue weighted by Gasteiger charge is 2.43. The molecule has 3 aromatic rings. The molecule has 0 aromatic heterocycles. The maximum absolute atomic E-state index is 14.6. The fourth-order valence-electron chi connectivity index (χ4n) is 4.20. The Hall–Kier alpha value is -3.35. The van der Waals surface area contributed by atoms with Crippen molar-refractivity contribution < 1.29 is 38.1 Å². The maximum atomic E-state index is 14.6. The summed E-state index contributed by atoms with van der Waals surface area (Å²) >= 11 is 12.3. The van der Waals surface area contributed by atoms with Gasteiger partial charge in [0.1, 0.15) is 5.82 Å². The minimum absolute atomic E-state index is 0.0221. The second kappa shape index (κ2) is 10.1. The van der Waals surface area contributed by atoms with Crippen LogP contribution in [-0.2, 0) is 0 Å². The van der Waals surface area contributed by atoms with Crippen molar-refractivity contribution >= 4 is 46.4 Å². The van der Waals surface area contributed by atoms with Gasteiger partial charge in [-0.05, 0) is 48.0 Å². The van der Waals surface area contributed by atoms with Crippen LogP contribution >= 0.6 is 23.2 Å². The molecular weight excluding hydrogens is 550 g/mol. The number of hydrogen-bond donors (Lipinski definition) is 4. The fraction of sp³-hybridized carbons (Fsp3) is 0.200. The van der Waals surface area contributed by atoms with Gasteiger partial charge in [-0.25, -0.2) is 18.1 Å². The first-order valence-corrected chi connectivity index (χ1v) is 11.8. The van der Waals surface area contributed by atoms with Crippen LogP contribution in [0.1, 0.15) is 27.1 Å². The number of primary amides is 1. The lowest BCUT2D eigenvalue weighted by Gasteiger charge is -2.34. The molecule has 1 fully saturated rings. The van der Waals surface area contributed by atoms with E-state index in [0.717, 1.165) is 17.0 Å². The number of carbonyl (C=O) groups is 2. The Bertz CT molecular complexity index is 1410. The Morgan fingerprint density at radius 1 is 1.03 bits per heavy atom. The molecule has 1 heterocycles. The number of nitrogens with two attached hydrogens (primary N) is 1. The predicted octanol–water partition coefficient (Wildman–Crippen LogP) is 3.98. The first kappa shape index (κ1) is 27.7. The number of nitrogens with zero attached hydrogens (tertiary/aromatic N) is 2. The molecule has 0 aliphatic carbocycles. The molecular formula is C25H20Cl2F3N3O5. The molecule has 1 aliphatic heterocycles. The highest BCUT2D eigenvalue weighted by molar-refractivity contribution is 6.35. The van der Waals surface area contributed by atoms with Crippen molar-refractivity contribution in [3.63, 3.8) is 0 Å². The molecule has 1 saturated heterocycles. The molecule has 0 bridgehead atoms. The molecule has 0 saturated carbocycles. The molecule has 8 nitrogen and oxygen atoms in total. The summed E-state index contributed by atoms with van der Waals surface area (Å²) in [5, 5.41) is 30.2. The van der Waals surface area contributed by atoms with Crippen molar-refractivity contribution in [1.29, 1.82) is 0 Å². The van der Waals surface area contributed by atoms with E-state index in [1.165, 1.54) is 42.5 Å². The number of rotatable bonds is 6. The van der Waals surface area contributed by atoms with Gasteiger partial charge in [0, 0.05) is 29.1 Å². The summed E-state index contributed by atoms with van der Waals surface area (Å²) in [5.74, 6) is -6.45. The van der Waals surface area contributed by atoms with Gasteiger partial charge in [-0.1, -0.05) is 35.3 Å². The Morgan fingerprint density at radius 3 is 2.32 bits per heavy atom. The summed E-state index contributed by atoms with van der Waals surface area (Å²) in [6.07, 6.45) is -4.45. The number of alkyl halides is 2. The van der Waals surface area contributed by atoms with Crippen molar-refractivity contribution in [2.24, 2.45) is 5.73 Å². The Morgan fingerprint density at radius 2 is 1.74 bits per heavy atom. The number of benzene rings is 3. The standard InChI is InChI=1S/C25H20Cl2F3N3O5/c26-16-6-4-14(22(31)34)10-15(16)13-5-7-19(20(11-13)32-9-8-24(29,30)12-32)33(25(36,37)38)23(35)21-17(27)2-1-3-18(21)28/h1-7,10-11,36-38H,8-9,12H2,(H2,31,34). The van der Waals surface area contributed by atoms with Crippen LogP contribution in [0.15, 0.2) is 54.6 Å². The second-order valence-electron chi connectivity index (χ2n) is 8.63. The van der Waals surface area contributed by atoms with Crippen LogP contribution in [0.4, 0.5) is 24.5 Å². The van der Waals surface area contributed by atoms with Gasteiger partial charge in [0.05, 0.1) is 28.5 Å². The molecule has 3 aromatic carbocycles. The third-order valence-corrected chi connectivity index (χ3v) is 6.61. The van der Waals surface area contributed by atoms with Gasteiger partial charge in [-0.3, -0.25) is 9.59 Å². The highest BCUT2D eigenvalue weighted by atomic mass is 35.5. The van der Waals surface area contributed by atoms with Crippen molar-refractivity contribution in [1.82, 2.24) is 0 Å². The first-order valence-electron chi connectivity index (χ1n) is 11.0. The van der Waals surface area contributed by atoms with Crippen LogP contribution in [0.25, 0.3) is 11.1 Å². The molecule has 4 rings (SSSR count). The first-order chi connectivity index (χ1) is 17.7. The Kier molecular flexibility index (Phi) is 7.34. The molecule has 0 spiro atoms. The van der Waals surface area contributed by atoms with Crippen LogP contribution in [0, 0.1) is 5.82 Å². The molecule has 0 atom stereocenters. The normalized spacial score (nSPS) is 15.0. The predicted molar refractivity (Wildman–Crippen MR) is 135 cm³/mol. The Labute approximate surface area is 224 Å². The van der Waals surface area contributed by atoms with Gasteiger partial charge < -0.3 is 26.0 Å². The fourth-order valence-corrected chi connectivity index (χ4v) is 4.67. The number of hydrogen-bond acceptors (Lipinski definition) is 6. The van der Waals surface area contributed by atoms with E-state index >= 15 is 0 Å². The van der Waals surface area contributed by atoms with Gasteiger partial charge in [0.15, 0.2) is 0 Å². The van der Waals surface area contributed by atoms with Crippen LogP contribution < -0.4 is 15.5 Å². The summed E-state index contributed by atoms with van der Waals surface area (Å²) in [5.41, 5.74) is 4.62. The number of carbonyl (C=O) groups excluding carboxylic acids is 2. The largest absolute Gasteiger partial charge is 0.376 e. The highest BCUT2D eigenvalue weighted by Crippen LogP contribution is 2.42. The lowest BCUT2D eigenvalue weighted by atomic mass is 10.0. The zero-order valence-corrected chi connectivity index (χ0v) is 20.8. The van der Waals surface area contributed by atoms with E-state index in [1.54, 1.807) is 0 Å². The quantitative estimate of drug-likeness (QED) is 0.332. The molecule has 5 N–H and O–H groups in total. The number of amides is 2. The average Bonchev–Trinajstić information content (AvgIpc) is 3.18. The van der Waals surface area contributed by atoms with Gasteiger partial charge >= 0.3 is 6.10 Å². The van der Waals surface area contributed by atoms with Crippen LogP contribution in [-0.4, -0.2) is 52.2 Å². The number of halogens is 5.